The van der Waals surface area contributed by atoms with E-state index in [2.05, 4.69) is 15.3 Å². The second kappa shape index (κ2) is 6.24. The molecule has 4 heteroatoms. The zero-order chi connectivity index (χ0) is 17.2. The van der Waals surface area contributed by atoms with Gasteiger partial charge in [-0.1, -0.05) is 12.1 Å². The lowest BCUT2D eigenvalue weighted by Crippen LogP contribution is -2.11. The van der Waals surface area contributed by atoms with E-state index in [-0.39, 0.29) is 5.91 Å². The molecule has 2 aromatic carbocycles. The molecule has 2 heterocycles. The summed E-state index contributed by atoms with van der Waals surface area (Å²) < 4.78 is 0. The Bertz CT molecular complexity index is 1050. The highest BCUT2D eigenvalue weighted by Crippen LogP contribution is 2.21. The van der Waals surface area contributed by atoms with Crippen LogP contribution in [0.5, 0.6) is 0 Å². The third-order valence-corrected chi connectivity index (χ3v) is 4.17. The number of aryl methyl sites for hydroxylation is 1. The number of hydrogen-bond donors (Lipinski definition) is 2. The Morgan fingerprint density at radius 3 is 2.64 bits per heavy atom. The molecule has 122 valence electrons. The Labute approximate surface area is 145 Å². The van der Waals surface area contributed by atoms with Crippen molar-refractivity contribution in [3.8, 4) is 11.3 Å². The molecular formula is C21H17N3O. The number of fused-ring (bicyclic) bond motifs is 1. The van der Waals surface area contributed by atoms with Crippen LogP contribution in [0.25, 0.3) is 22.2 Å². The molecule has 4 nitrogen and oxygen atoms in total. The number of anilines is 1. The molecule has 0 aliphatic carbocycles. The van der Waals surface area contributed by atoms with Gasteiger partial charge in [-0.15, -0.1) is 0 Å². The van der Waals surface area contributed by atoms with E-state index in [1.165, 1.54) is 0 Å². The summed E-state index contributed by atoms with van der Waals surface area (Å²) >= 11 is 0. The van der Waals surface area contributed by atoms with E-state index in [4.69, 9.17) is 0 Å². The number of nitrogens with zero attached hydrogens (tertiary/aromatic N) is 1. The molecule has 0 saturated carbocycles. The third kappa shape index (κ3) is 3.15. The van der Waals surface area contributed by atoms with Gasteiger partial charge in [0, 0.05) is 40.1 Å². The maximum absolute atomic E-state index is 12.5. The summed E-state index contributed by atoms with van der Waals surface area (Å²) in [4.78, 5) is 20.0. The minimum Gasteiger partial charge on any atom is -0.361 e. The highest BCUT2D eigenvalue weighted by Gasteiger charge is 2.08. The second-order valence-electron chi connectivity index (χ2n) is 6.03. The molecule has 0 fully saturated rings. The van der Waals surface area contributed by atoms with Crippen LogP contribution < -0.4 is 5.32 Å². The van der Waals surface area contributed by atoms with Crippen molar-refractivity contribution in [2.75, 3.05) is 5.32 Å². The van der Waals surface area contributed by atoms with Crippen molar-refractivity contribution in [2.45, 2.75) is 6.92 Å². The van der Waals surface area contributed by atoms with E-state index in [1.807, 2.05) is 73.8 Å². The third-order valence-electron chi connectivity index (χ3n) is 4.17. The van der Waals surface area contributed by atoms with Gasteiger partial charge >= 0.3 is 0 Å². The van der Waals surface area contributed by atoms with Crippen molar-refractivity contribution in [2.24, 2.45) is 0 Å². The van der Waals surface area contributed by atoms with Gasteiger partial charge in [0.15, 0.2) is 0 Å². The topological polar surface area (TPSA) is 57.8 Å². The predicted molar refractivity (Wildman–Crippen MR) is 101 cm³/mol. The quantitative estimate of drug-likeness (QED) is 0.568. The number of hydrogen-bond acceptors (Lipinski definition) is 2. The van der Waals surface area contributed by atoms with Crippen LogP contribution in [0.2, 0.25) is 0 Å². The summed E-state index contributed by atoms with van der Waals surface area (Å²) in [5.74, 6) is -0.126. The predicted octanol–water partition coefficient (Wildman–Crippen LogP) is 4.79. The molecule has 0 atom stereocenters. The lowest BCUT2D eigenvalue weighted by molar-refractivity contribution is 0.102. The number of aromatic amines is 1. The average Bonchev–Trinajstić information content (AvgIpc) is 3.09. The van der Waals surface area contributed by atoms with Crippen LogP contribution in [-0.4, -0.2) is 15.9 Å². The first-order valence-corrected chi connectivity index (χ1v) is 8.11. The van der Waals surface area contributed by atoms with Crippen LogP contribution in [-0.2, 0) is 0 Å². The molecule has 0 aliphatic rings. The Morgan fingerprint density at radius 2 is 1.84 bits per heavy atom. The Morgan fingerprint density at radius 1 is 1.00 bits per heavy atom. The SMILES string of the molecule is Cc1ccnc(-c2ccc(C(=O)Nc3ccc4[nH]ccc4c3)cc2)c1. The standard InChI is InChI=1S/C21H17N3O/c1-14-8-10-23-20(12-14)15-2-4-16(5-3-15)21(25)24-18-6-7-19-17(13-18)9-11-22-19/h2-13,22H,1H3,(H,24,25). The molecule has 4 rings (SSSR count). The monoisotopic (exact) mass is 327 g/mol. The van der Waals surface area contributed by atoms with Crippen molar-refractivity contribution < 1.29 is 4.79 Å². The average molecular weight is 327 g/mol. The lowest BCUT2D eigenvalue weighted by Gasteiger charge is -2.07. The van der Waals surface area contributed by atoms with Gasteiger partial charge in [-0.3, -0.25) is 9.78 Å². The van der Waals surface area contributed by atoms with Crippen LogP contribution in [0, 0.1) is 6.92 Å². The van der Waals surface area contributed by atoms with Crippen molar-refractivity contribution in [3.05, 3.63) is 84.2 Å². The van der Waals surface area contributed by atoms with Gasteiger partial charge in [-0.05, 0) is 61.0 Å². The fourth-order valence-corrected chi connectivity index (χ4v) is 2.82. The zero-order valence-corrected chi connectivity index (χ0v) is 13.8. The summed E-state index contributed by atoms with van der Waals surface area (Å²) in [5.41, 5.74) is 5.51. The number of nitrogens with one attached hydrogen (secondary N) is 2. The number of rotatable bonds is 3. The number of benzene rings is 2. The molecular weight excluding hydrogens is 310 g/mol. The van der Waals surface area contributed by atoms with Gasteiger partial charge in [0.2, 0.25) is 0 Å². The summed E-state index contributed by atoms with van der Waals surface area (Å²) in [6.45, 7) is 2.04. The van der Waals surface area contributed by atoms with Gasteiger partial charge in [-0.25, -0.2) is 0 Å². The van der Waals surface area contributed by atoms with Gasteiger partial charge in [0.25, 0.3) is 5.91 Å². The minimum atomic E-state index is -0.126. The van der Waals surface area contributed by atoms with E-state index in [0.717, 1.165) is 33.4 Å². The molecule has 0 radical (unpaired) electrons. The number of H-pyrrole nitrogens is 1. The van der Waals surface area contributed by atoms with Crippen LogP contribution in [0.15, 0.2) is 73.1 Å². The highest BCUT2D eigenvalue weighted by atomic mass is 16.1. The van der Waals surface area contributed by atoms with Gasteiger partial charge in [0.05, 0.1) is 5.69 Å². The number of carbonyl (C=O) groups is 1. The number of carbonyl (C=O) groups excluding carboxylic acids is 1. The Kier molecular flexibility index (Phi) is 3.78. The molecule has 4 aromatic rings. The maximum Gasteiger partial charge on any atom is 0.255 e. The van der Waals surface area contributed by atoms with Gasteiger partial charge < -0.3 is 10.3 Å². The molecule has 0 bridgehead atoms. The Hall–Kier alpha value is -3.40. The molecule has 0 unspecified atom stereocenters. The fourth-order valence-electron chi connectivity index (χ4n) is 2.82. The van der Waals surface area contributed by atoms with E-state index in [0.29, 0.717) is 5.56 Å². The number of pyridine rings is 1. The van der Waals surface area contributed by atoms with Gasteiger partial charge in [0.1, 0.15) is 0 Å². The number of aromatic nitrogens is 2. The number of amides is 1. The summed E-state index contributed by atoms with van der Waals surface area (Å²) in [6.07, 6.45) is 3.68. The van der Waals surface area contributed by atoms with Crippen molar-refractivity contribution in [1.82, 2.24) is 9.97 Å². The van der Waals surface area contributed by atoms with Crippen LogP contribution in [0.1, 0.15) is 15.9 Å². The molecule has 2 aromatic heterocycles. The summed E-state index contributed by atoms with van der Waals surface area (Å²) in [5, 5.41) is 4.01. The summed E-state index contributed by atoms with van der Waals surface area (Å²) in [6, 6.07) is 19.3. The lowest BCUT2D eigenvalue weighted by atomic mass is 10.1. The first kappa shape index (κ1) is 15.1. The van der Waals surface area contributed by atoms with Crippen molar-refractivity contribution in [1.29, 1.82) is 0 Å². The van der Waals surface area contributed by atoms with Crippen molar-refractivity contribution in [3.63, 3.8) is 0 Å². The first-order chi connectivity index (χ1) is 12.2. The maximum atomic E-state index is 12.5. The molecule has 25 heavy (non-hydrogen) atoms. The van der Waals surface area contributed by atoms with E-state index in [1.54, 1.807) is 6.20 Å². The fraction of sp³-hybridized carbons (Fsp3) is 0.0476. The molecule has 1 amide bonds. The van der Waals surface area contributed by atoms with Crippen molar-refractivity contribution >= 4 is 22.5 Å². The molecule has 0 spiro atoms. The molecule has 0 aliphatic heterocycles. The van der Waals surface area contributed by atoms with E-state index < -0.39 is 0 Å². The van der Waals surface area contributed by atoms with Gasteiger partial charge in [-0.2, -0.15) is 0 Å². The van der Waals surface area contributed by atoms with E-state index in [9.17, 15) is 4.79 Å². The largest absolute Gasteiger partial charge is 0.361 e. The van der Waals surface area contributed by atoms with Crippen LogP contribution in [0.3, 0.4) is 0 Å². The Balaban J connectivity index is 1.54. The first-order valence-electron chi connectivity index (χ1n) is 8.11. The smallest absolute Gasteiger partial charge is 0.255 e. The second-order valence-corrected chi connectivity index (χ2v) is 6.03. The minimum absolute atomic E-state index is 0.126. The van der Waals surface area contributed by atoms with Crippen LogP contribution >= 0.6 is 0 Å². The normalized spacial score (nSPS) is 10.8. The van der Waals surface area contributed by atoms with E-state index >= 15 is 0 Å². The highest BCUT2D eigenvalue weighted by molar-refractivity contribution is 6.05. The molecule has 0 saturated heterocycles. The zero-order valence-electron chi connectivity index (χ0n) is 13.8. The molecule has 2 N–H and O–H groups in total. The summed E-state index contributed by atoms with van der Waals surface area (Å²) in [7, 11) is 0. The van der Waals surface area contributed by atoms with Crippen LogP contribution in [0.4, 0.5) is 5.69 Å².